The van der Waals surface area contributed by atoms with E-state index in [4.69, 9.17) is 9.47 Å². The smallest absolute Gasteiger partial charge is 0.339 e. The summed E-state index contributed by atoms with van der Waals surface area (Å²) in [5, 5.41) is 3.25. The van der Waals surface area contributed by atoms with Crippen LogP contribution in [0.15, 0.2) is 54.6 Å². The van der Waals surface area contributed by atoms with Crippen LogP contribution in [0.5, 0.6) is 5.75 Å². The Hall–Kier alpha value is -2.82. The maximum absolute atomic E-state index is 12.7. The lowest BCUT2D eigenvalue weighted by molar-refractivity contribution is -0.130. The summed E-state index contributed by atoms with van der Waals surface area (Å²) in [6.07, 6.45) is 7.22. The van der Waals surface area contributed by atoms with Gasteiger partial charge in [0.05, 0.1) is 5.56 Å². The minimum absolute atomic E-state index is 0.0698. The largest absolute Gasteiger partial charge is 0.489 e. The quantitative estimate of drug-likeness (QED) is 0.671. The molecule has 4 fully saturated rings. The van der Waals surface area contributed by atoms with Crippen LogP contribution in [0, 0.1) is 17.8 Å². The van der Waals surface area contributed by atoms with Gasteiger partial charge in [-0.3, -0.25) is 4.79 Å². The van der Waals surface area contributed by atoms with Gasteiger partial charge in [0.2, 0.25) is 0 Å². The lowest BCUT2D eigenvalue weighted by Crippen LogP contribution is -2.60. The highest BCUT2D eigenvalue weighted by atomic mass is 16.5. The fourth-order valence-corrected chi connectivity index (χ4v) is 6.33. The molecule has 0 spiro atoms. The number of rotatable bonds is 7. The minimum Gasteiger partial charge on any atom is -0.489 e. The second kappa shape index (κ2) is 8.37. The maximum atomic E-state index is 12.7. The summed E-state index contributed by atoms with van der Waals surface area (Å²) >= 11 is 0. The summed E-state index contributed by atoms with van der Waals surface area (Å²) in [6.45, 7) is 0.0171. The number of hydrogen-bond donors (Lipinski definition) is 1. The van der Waals surface area contributed by atoms with E-state index in [0.717, 1.165) is 48.3 Å². The number of amides is 1. The third-order valence-electron chi connectivity index (χ3n) is 7.15. The highest BCUT2D eigenvalue weighted by Gasteiger charge is 2.51. The van der Waals surface area contributed by atoms with E-state index >= 15 is 0 Å². The van der Waals surface area contributed by atoms with Crippen molar-refractivity contribution in [3.63, 3.8) is 0 Å². The molecule has 2 aromatic rings. The van der Waals surface area contributed by atoms with Crippen molar-refractivity contribution in [3.8, 4) is 5.75 Å². The van der Waals surface area contributed by atoms with Gasteiger partial charge in [0.1, 0.15) is 12.4 Å². The molecule has 4 aliphatic rings. The van der Waals surface area contributed by atoms with E-state index in [1.54, 1.807) is 12.1 Å². The zero-order valence-corrected chi connectivity index (χ0v) is 17.7. The normalized spacial score (nSPS) is 28.2. The second-order valence-electron chi connectivity index (χ2n) is 9.58. The number of nitrogens with one attached hydrogen (secondary N) is 1. The van der Waals surface area contributed by atoms with Crippen molar-refractivity contribution in [2.45, 2.75) is 50.7 Å². The second-order valence-corrected chi connectivity index (χ2v) is 9.58. The topological polar surface area (TPSA) is 64.6 Å². The lowest BCUT2D eigenvalue weighted by Gasteiger charge is -2.56. The SMILES string of the molecule is O=C(COC(=O)c1ccccc1COc1ccccc1)NC12CC3CC(CC(C3)C1)C2. The van der Waals surface area contributed by atoms with E-state index < -0.39 is 5.97 Å². The van der Waals surface area contributed by atoms with E-state index in [1.807, 2.05) is 42.5 Å². The average molecular weight is 420 g/mol. The third-order valence-corrected chi connectivity index (χ3v) is 7.15. The van der Waals surface area contributed by atoms with Crippen molar-refractivity contribution < 1.29 is 19.1 Å². The van der Waals surface area contributed by atoms with E-state index in [2.05, 4.69) is 5.32 Å². The Morgan fingerprint density at radius 3 is 2.16 bits per heavy atom. The first-order valence-corrected chi connectivity index (χ1v) is 11.3. The Kier molecular flexibility index (Phi) is 5.43. The highest BCUT2D eigenvalue weighted by molar-refractivity contribution is 5.92. The van der Waals surface area contributed by atoms with Crippen LogP contribution in [0.3, 0.4) is 0 Å². The molecule has 0 saturated heterocycles. The number of benzene rings is 2. The molecule has 0 aliphatic heterocycles. The van der Waals surface area contributed by atoms with Crippen LogP contribution in [0.4, 0.5) is 0 Å². The van der Waals surface area contributed by atoms with Gasteiger partial charge in [0.15, 0.2) is 6.61 Å². The predicted octanol–water partition coefficient (Wildman–Crippen LogP) is 4.51. The fourth-order valence-electron chi connectivity index (χ4n) is 6.33. The van der Waals surface area contributed by atoms with Crippen molar-refractivity contribution in [3.05, 3.63) is 65.7 Å². The first-order chi connectivity index (χ1) is 15.1. The molecule has 0 radical (unpaired) electrons. The number of esters is 1. The molecule has 1 amide bonds. The molecule has 0 aromatic heterocycles. The Morgan fingerprint density at radius 2 is 1.48 bits per heavy atom. The molecular formula is C26H29NO4. The van der Waals surface area contributed by atoms with Gasteiger partial charge in [-0.05, 0) is 74.5 Å². The summed E-state index contributed by atoms with van der Waals surface area (Å²) in [4.78, 5) is 25.3. The van der Waals surface area contributed by atoms with Crippen LogP contribution in [-0.4, -0.2) is 24.0 Å². The summed E-state index contributed by atoms with van der Waals surface area (Å²) in [5.74, 6) is 2.32. The molecule has 0 atom stereocenters. The van der Waals surface area contributed by atoms with Crippen molar-refractivity contribution >= 4 is 11.9 Å². The molecule has 2 aromatic carbocycles. The average Bonchev–Trinajstić information content (AvgIpc) is 2.76. The molecule has 4 bridgehead atoms. The van der Waals surface area contributed by atoms with Crippen LogP contribution in [0.25, 0.3) is 0 Å². The van der Waals surface area contributed by atoms with E-state index in [0.29, 0.717) is 5.56 Å². The Labute approximate surface area is 183 Å². The molecule has 0 unspecified atom stereocenters. The first kappa shape index (κ1) is 20.1. The van der Waals surface area contributed by atoms with Crippen LogP contribution < -0.4 is 10.1 Å². The van der Waals surface area contributed by atoms with Crippen molar-refractivity contribution in [2.24, 2.45) is 17.8 Å². The van der Waals surface area contributed by atoms with Gasteiger partial charge < -0.3 is 14.8 Å². The fraction of sp³-hybridized carbons (Fsp3) is 0.462. The standard InChI is InChI=1S/C26H29NO4/c28-24(27-26-13-18-10-19(14-26)12-20(11-18)15-26)17-31-25(29)23-9-5-4-6-21(23)16-30-22-7-2-1-3-8-22/h1-9,18-20H,10-17H2,(H,27,28). The zero-order chi connectivity index (χ0) is 21.3. The van der Waals surface area contributed by atoms with Gasteiger partial charge in [-0.2, -0.15) is 0 Å². The number of carbonyl (C=O) groups is 2. The van der Waals surface area contributed by atoms with Gasteiger partial charge in [0.25, 0.3) is 5.91 Å². The summed E-state index contributed by atoms with van der Waals surface area (Å²) in [7, 11) is 0. The summed E-state index contributed by atoms with van der Waals surface area (Å²) in [5.41, 5.74) is 1.10. The van der Waals surface area contributed by atoms with Crippen LogP contribution in [-0.2, 0) is 16.1 Å². The third kappa shape index (κ3) is 4.46. The number of carbonyl (C=O) groups excluding carboxylic acids is 2. The summed E-state index contributed by atoms with van der Waals surface area (Å²) in [6, 6.07) is 16.7. The van der Waals surface area contributed by atoms with Crippen LogP contribution >= 0.6 is 0 Å². The van der Waals surface area contributed by atoms with Gasteiger partial charge in [0, 0.05) is 11.1 Å². The molecule has 4 saturated carbocycles. The molecule has 4 aliphatic carbocycles. The maximum Gasteiger partial charge on any atom is 0.339 e. The van der Waals surface area contributed by atoms with Crippen molar-refractivity contribution in [1.29, 1.82) is 0 Å². The van der Waals surface area contributed by atoms with Crippen molar-refractivity contribution in [2.75, 3.05) is 6.61 Å². The molecule has 162 valence electrons. The molecule has 31 heavy (non-hydrogen) atoms. The highest BCUT2D eigenvalue weighted by Crippen LogP contribution is 2.55. The first-order valence-electron chi connectivity index (χ1n) is 11.3. The van der Waals surface area contributed by atoms with Gasteiger partial charge >= 0.3 is 5.97 Å². The zero-order valence-electron chi connectivity index (χ0n) is 17.7. The molecular weight excluding hydrogens is 390 g/mol. The van der Waals surface area contributed by atoms with E-state index in [1.165, 1.54) is 19.3 Å². The van der Waals surface area contributed by atoms with Crippen molar-refractivity contribution in [1.82, 2.24) is 5.32 Å². The van der Waals surface area contributed by atoms with Crippen LogP contribution in [0.2, 0.25) is 0 Å². The monoisotopic (exact) mass is 419 g/mol. The Morgan fingerprint density at radius 1 is 0.871 bits per heavy atom. The minimum atomic E-state index is -0.493. The molecule has 6 rings (SSSR count). The van der Waals surface area contributed by atoms with E-state index in [-0.39, 0.29) is 24.7 Å². The molecule has 1 N–H and O–H groups in total. The molecule has 5 nitrogen and oxygen atoms in total. The van der Waals surface area contributed by atoms with Crippen LogP contribution in [0.1, 0.15) is 54.4 Å². The number of ether oxygens (including phenoxy) is 2. The lowest BCUT2D eigenvalue weighted by atomic mass is 9.53. The summed E-state index contributed by atoms with van der Waals surface area (Å²) < 4.78 is 11.2. The predicted molar refractivity (Wildman–Crippen MR) is 117 cm³/mol. The van der Waals surface area contributed by atoms with Gasteiger partial charge in [-0.15, -0.1) is 0 Å². The number of hydrogen-bond acceptors (Lipinski definition) is 4. The molecule has 5 heteroatoms. The van der Waals surface area contributed by atoms with Gasteiger partial charge in [-0.25, -0.2) is 4.79 Å². The Bertz CT molecular complexity index is 920. The Balaban J connectivity index is 1.17. The van der Waals surface area contributed by atoms with E-state index in [9.17, 15) is 9.59 Å². The molecule has 0 heterocycles. The van der Waals surface area contributed by atoms with Gasteiger partial charge in [-0.1, -0.05) is 36.4 Å². The number of para-hydroxylation sites is 1.